The second kappa shape index (κ2) is 9.13. The number of amides is 1. The third-order valence-electron chi connectivity index (χ3n) is 4.53. The summed E-state index contributed by atoms with van der Waals surface area (Å²) in [6, 6.07) is 9.66. The zero-order chi connectivity index (χ0) is 18.2. The lowest BCUT2D eigenvalue weighted by molar-refractivity contribution is 0.0950. The predicted octanol–water partition coefficient (Wildman–Crippen LogP) is 4.45. The molecule has 0 spiro atoms. The highest BCUT2D eigenvalue weighted by atomic mass is 19.1. The number of allylic oxidation sites excluding steroid dienone is 1. The number of carbonyl (C=O) groups excluding carboxylic acids is 1. The molecule has 0 radical (unpaired) electrons. The fraction of sp³-hybridized carbons (Fsp3) is 0.333. The first kappa shape index (κ1) is 18.1. The molecule has 1 heterocycles. The fourth-order valence-electron chi connectivity index (χ4n) is 3.00. The average Bonchev–Trinajstić information content (AvgIpc) is 2.69. The summed E-state index contributed by atoms with van der Waals surface area (Å²) in [7, 11) is 0. The van der Waals surface area contributed by atoms with Gasteiger partial charge in [0.15, 0.2) is 0 Å². The number of carbonyl (C=O) groups is 1. The van der Waals surface area contributed by atoms with E-state index >= 15 is 0 Å². The van der Waals surface area contributed by atoms with Gasteiger partial charge in [-0.1, -0.05) is 23.8 Å². The van der Waals surface area contributed by atoms with Gasteiger partial charge in [0.05, 0.1) is 5.56 Å². The number of pyridine rings is 1. The lowest BCUT2D eigenvalue weighted by Gasteiger charge is -2.13. The maximum atomic E-state index is 12.9. The number of aromatic nitrogens is 1. The number of hydrogen-bond donors (Lipinski definition) is 2. The minimum Gasteiger partial charge on any atom is -0.370 e. The topological polar surface area (TPSA) is 54.0 Å². The van der Waals surface area contributed by atoms with Crippen molar-refractivity contribution >= 4 is 11.7 Å². The van der Waals surface area contributed by atoms with Crippen LogP contribution in [0.3, 0.4) is 0 Å². The number of anilines is 1. The Balaban J connectivity index is 1.44. The van der Waals surface area contributed by atoms with Crippen LogP contribution in [-0.4, -0.2) is 17.4 Å². The molecule has 136 valence electrons. The third kappa shape index (κ3) is 5.41. The number of nitrogens with zero attached hydrogens (tertiary/aromatic N) is 1. The largest absolute Gasteiger partial charge is 0.370 e. The second-order valence-electron chi connectivity index (χ2n) is 6.53. The number of halogens is 1. The lowest BCUT2D eigenvalue weighted by atomic mass is 9.97. The van der Waals surface area contributed by atoms with E-state index in [4.69, 9.17) is 0 Å². The van der Waals surface area contributed by atoms with Crippen molar-refractivity contribution in [2.45, 2.75) is 38.6 Å². The molecule has 0 atom stereocenters. The monoisotopic (exact) mass is 353 g/mol. The molecule has 0 saturated heterocycles. The molecule has 0 unspecified atom stereocenters. The summed E-state index contributed by atoms with van der Waals surface area (Å²) in [4.78, 5) is 16.5. The Hall–Kier alpha value is -2.69. The smallest absolute Gasteiger partial charge is 0.253 e. The Bertz CT molecular complexity index is 754. The van der Waals surface area contributed by atoms with Crippen molar-refractivity contribution in [2.24, 2.45) is 0 Å². The van der Waals surface area contributed by atoms with Gasteiger partial charge in [0, 0.05) is 19.3 Å². The molecular formula is C21H24FN3O. The summed E-state index contributed by atoms with van der Waals surface area (Å²) in [5, 5.41) is 6.11. The van der Waals surface area contributed by atoms with E-state index in [2.05, 4.69) is 21.7 Å². The SMILES string of the molecule is O=C(NCc1ccc(F)cc1)c1ccc(NCCC2=CCCCC2)nc1. The van der Waals surface area contributed by atoms with E-state index in [0.717, 1.165) is 24.3 Å². The van der Waals surface area contributed by atoms with Gasteiger partial charge in [-0.3, -0.25) is 4.79 Å². The molecule has 0 bridgehead atoms. The number of hydrogen-bond acceptors (Lipinski definition) is 3. The fourth-order valence-corrected chi connectivity index (χ4v) is 3.00. The molecule has 1 aromatic carbocycles. The summed E-state index contributed by atoms with van der Waals surface area (Å²) in [5.74, 6) is 0.296. The maximum absolute atomic E-state index is 12.9. The van der Waals surface area contributed by atoms with Gasteiger partial charge < -0.3 is 10.6 Å². The van der Waals surface area contributed by atoms with Gasteiger partial charge in [-0.2, -0.15) is 0 Å². The van der Waals surface area contributed by atoms with Crippen LogP contribution in [0.15, 0.2) is 54.2 Å². The van der Waals surface area contributed by atoms with Gasteiger partial charge in [0.2, 0.25) is 0 Å². The minimum absolute atomic E-state index is 0.194. The van der Waals surface area contributed by atoms with Gasteiger partial charge in [-0.15, -0.1) is 0 Å². The minimum atomic E-state index is -0.285. The van der Waals surface area contributed by atoms with Gasteiger partial charge in [-0.25, -0.2) is 9.37 Å². The average molecular weight is 353 g/mol. The zero-order valence-electron chi connectivity index (χ0n) is 14.8. The van der Waals surface area contributed by atoms with Crippen LogP contribution in [0.4, 0.5) is 10.2 Å². The molecule has 1 amide bonds. The number of rotatable bonds is 7. The Morgan fingerprint density at radius 3 is 2.65 bits per heavy atom. The Morgan fingerprint density at radius 2 is 1.96 bits per heavy atom. The van der Waals surface area contributed by atoms with Crippen LogP contribution in [0.1, 0.15) is 48.0 Å². The van der Waals surface area contributed by atoms with E-state index in [-0.39, 0.29) is 11.7 Å². The number of nitrogens with one attached hydrogen (secondary N) is 2. The third-order valence-corrected chi connectivity index (χ3v) is 4.53. The van der Waals surface area contributed by atoms with Crippen molar-refractivity contribution < 1.29 is 9.18 Å². The molecule has 1 aliphatic rings. The van der Waals surface area contributed by atoms with E-state index in [0.29, 0.717) is 12.1 Å². The van der Waals surface area contributed by atoms with Crippen molar-refractivity contribution in [3.8, 4) is 0 Å². The molecule has 5 heteroatoms. The van der Waals surface area contributed by atoms with Crippen molar-refractivity contribution in [3.05, 3.63) is 71.2 Å². The molecule has 26 heavy (non-hydrogen) atoms. The highest BCUT2D eigenvalue weighted by molar-refractivity contribution is 5.93. The number of benzene rings is 1. The van der Waals surface area contributed by atoms with E-state index in [9.17, 15) is 9.18 Å². The van der Waals surface area contributed by atoms with Crippen LogP contribution < -0.4 is 10.6 Å². The van der Waals surface area contributed by atoms with Crippen LogP contribution in [0.5, 0.6) is 0 Å². The van der Waals surface area contributed by atoms with E-state index < -0.39 is 0 Å². The van der Waals surface area contributed by atoms with Gasteiger partial charge >= 0.3 is 0 Å². The molecule has 0 saturated carbocycles. The van der Waals surface area contributed by atoms with E-state index in [1.54, 1.807) is 24.4 Å². The summed E-state index contributed by atoms with van der Waals surface area (Å²) in [5.41, 5.74) is 2.89. The van der Waals surface area contributed by atoms with Crippen LogP contribution in [0, 0.1) is 5.82 Å². The van der Waals surface area contributed by atoms with Crippen molar-refractivity contribution in [1.82, 2.24) is 10.3 Å². The van der Waals surface area contributed by atoms with Crippen molar-refractivity contribution in [3.63, 3.8) is 0 Å². The first-order chi connectivity index (χ1) is 12.7. The van der Waals surface area contributed by atoms with Crippen LogP contribution >= 0.6 is 0 Å². The Kier molecular flexibility index (Phi) is 6.36. The standard InChI is InChI=1S/C21H24FN3O/c22-19-9-6-17(7-10-19)14-25-21(26)18-8-11-20(24-15-18)23-13-12-16-4-2-1-3-5-16/h4,6-11,15H,1-3,5,12-14H2,(H,23,24)(H,25,26). The zero-order valence-corrected chi connectivity index (χ0v) is 14.8. The summed E-state index contributed by atoms with van der Waals surface area (Å²) < 4.78 is 12.9. The highest BCUT2D eigenvalue weighted by Gasteiger charge is 2.07. The molecule has 1 aliphatic carbocycles. The molecule has 0 aliphatic heterocycles. The van der Waals surface area contributed by atoms with Crippen LogP contribution in [0.25, 0.3) is 0 Å². The summed E-state index contributed by atoms with van der Waals surface area (Å²) >= 11 is 0. The molecule has 1 aromatic heterocycles. The Labute approximate surface area is 153 Å². The maximum Gasteiger partial charge on any atom is 0.253 e. The quantitative estimate of drug-likeness (QED) is 0.723. The highest BCUT2D eigenvalue weighted by Crippen LogP contribution is 2.20. The van der Waals surface area contributed by atoms with Crippen LogP contribution in [-0.2, 0) is 6.54 Å². The van der Waals surface area contributed by atoms with Gasteiger partial charge in [0.1, 0.15) is 11.6 Å². The molecule has 4 nitrogen and oxygen atoms in total. The summed E-state index contributed by atoms with van der Waals surface area (Å²) in [6.45, 7) is 1.21. The molecule has 2 aromatic rings. The van der Waals surface area contributed by atoms with Crippen molar-refractivity contribution in [1.29, 1.82) is 0 Å². The normalized spacial score (nSPS) is 13.8. The second-order valence-corrected chi connectivity index (χ2v) is 6.53. The van der Waals surface area contributed by atoms with Gasteiger partial charge in [0.25, 0.3) is 5.91 Å². The first-order valence-electron chi connectivity index (χ1n) is 9.11. The molecule has 3 rings (SSSR count). The molecular weight excluding hydrogens is 329 g/mol. The first-order valence-corrected chi connectivity index (χ1v) is 9.11. The molecule has 0 fully saturated rings. The van der Waals surface area contributed by atoms with E-state index in [1.807, 2.05) is 6.07 Å². The predicted molar refractivity (Wildman–Crippen MR) is 101 cm³/mol. The van der Waals surface area contributed by atoms with Gasteiger partial charge in [-0.05, 0) is 61.9 Å². The summed E-state index contributed by atoms with van der Waals surface area (Å²) in [6.07, 6.45) is 9.99. The van der Waals surface area contributed by atoms with Crippen molar-refractivity contribution in [2.75, 3.05) is 11.9 Å². The lowest BCUT2D eigenvalue weighted by Crippen LogP contribution is -2.23. The van der Waals surface area contributed by atoms with Crippen LogP contribution in [0.2, 0.25) is 0 Å². The van der Waals surface area contributed by atoms with E-state index in [1.165, 1.54) is 43.4 Å². The molecule has 2 N–H and O–H groups in total. The Morgan fingerprint density at radius 1 is 1.12 bits per heavy atom.